The van der Waals surface area contributed by atoms with Crippen LogP contribution in [0, 0.1) is 0 Å². The number of hydrogen-bond donors (Lipinski definition) is 2. The molecule has 2 N–H and O–H groups in total. The third kappa shape index (κ3) is 6.83. The molecule has 1 aromatic rings. The van der Waals surface area contributed by atoms with Gasteiger partial charge in [0.15, 0.2) is 0 Å². The highest BCUT2D eigenvalue weighted by atomic mass is 32.2. The lowest BCUT2D eigenvalue weighted by Crippen LogP contribution is -2.16. The van der Waals surface area contributed by atoms with Gasteiger partial charge < -0.3 is 15.3 Å². The number of carbonyl (C=O) groups is 2. The number of carbonyl (C=O) groups excluding carboxylic acids is 1. The van der Waals surface area contributed by atoms with Crippen LogP contribution in [0.2, 0.25) is 0 Å². The van der Waals surface area contributed by atoms with Gasteiger partial charge in [-0.3, -0.25) is 9.59 Å². The summed E-state index contributed by atoms with van der Waals surface area (Å²) in [5.41, 5.74) is 1.85. The zero-order valence-electron chi connectivity index (χ0n) is 11.0. The van der Waals surface area contributed by atoms with Crippen molar-refractivity contribution in [2.75, 3.05) is 30.9 Å². The van der Waals surface area contributed by atoms with E-state index < -0.39 is 5.97 Å². The molecule has 0 spiro atoms. The van der Waals surface area contributed by atoms with E-state index in [1.807, 2.05) is 43.3 Å². The van der Waals surface area contributed by atoms with Gasteiger partial charge in [-0.15, -0.1) is 11.8 Å². The molecule has 0 saturated heterocycles. The first-order valence-electron chi connectivity index (χ1n) is 5.80. The molecule has 6 heteroatoms. The molecule has 1 aromatic carbocycles. The van der Waals surface area contributed by atoms with Crippen LogP contribution >= 0.6 is 11.8 Å². The van der Waals surface area contributed by atoms with Gasteiger partial charge in [-0.05, 0) is 31.8 Å². The molecule has 0 fully saturated rings. The number of thioether (sulfide) groups is 1. The Morgan fingerprint density at radius 2 is 2.05 bits per heavy atom. The fourth-order valence-corrected chi connectivity index (χ4v) is 2.07. The molecule has 0 unspecified atom stereocenters. The number of nitrogens with zero attached hydrogens (tertiary/aromatic N) is 1. The largest absolute Gasteiger partial charge is 0.481 e. The lowest BCUT2D eigenvalue weighted by molar-refractivity contribution is -0.133. The van der Waals surface area contributed by atoms with E-state index in [1.165, 1.54) is 0 Å². The van der Waals surface area contributed by atoms with E-state index in [9.17, 15) is 9.59 Å². The number of carboxylic acid groups (broad SMARTS) is 1. The number of rotatable bonds is 7. The highest BCUT2D eigenvalue weighted by molar-refractivity contribution is 8.00. The molecule has 0 radical (unpaired) electrons. The Kier molecular flexibility index (Phi) is 6.38. The number of amides is 1. The van der Waals surface area contributed by atoms with Crippen molar-refractivity contribution >= 4 is 29.3 Å². The lowest BCUT2D eigenvalue weighted by atomic mass is 10.2. The molecule has 0 aliphatic heterocycles. The van der Waals surface area contributed by atoms with Crippen molar-refractivity contribution in [1.29, 1.82) is 0 Å². The first kappa shape index (κ1) is 15.5. The van der Waals surface area contributed by atoms with Gasteiger partial charge in [-0.25, -0.2) is 0 Å². The number of nitrogens with one attached hydrogen (secondary N) is 1. The summed E-state index contributed by atoms with van der Waals surface area (Å²) in [4.78, 5) is 24.0. The molecule has 1 rings (SSSR count). The van der Waals surface area contributed by atoms with Gasteiger partial charge in [-0.2, -0.15) is 0 Å². The van der Waals surface area contributed by atoms with E-state index in [4.69, 9.17) is 5.11 Å². The Hall–Kier alpha value is -1.53. The quantitative estimate of drug-likeness (QED) is 0.793. The lowest BCUT2D eigenvalue weighted by Gasteiger charge is -2.11. The van der Waals surface area contributed by atoms with Crippen LogP contribution in [0.1, 0.15) is 5.56 Å². The van der Waals surface area contributed by atoms with Gasteiger partial charge in [-0.1, -0.05) is 12.1 Å². The normalized spacial score (nSPS) is 10.5. The van der Waals surface area contributed by atoms with E-state index in [0.29, 0.717) is 0 Å². The molecule has 104 valence electrons. The maximum absolute atomic E-state index is 11.6. The molecule has 0 atom stereocenters. The summed E-state index contributed by atoms with van der Waals surface area (Å²) in [6, 6.07) is 7.62. The Bertz CT molecular complexity index is 449. The SMILES string of the molecule is CN(C)Cc1cccc(NC(=O)CSCC(=O)O)c1. The number of carboxylic acids is 1. The smallest absolute Gasteiger partial charge is 0.313 e. The molecule has 0 aromatic heterocycles. The average Bonchev–Trinajstić information content (AvgIpc) is 2.27. The fraction of sp³-hybridized carbons (Fsp3) is 0.385. The molecular weight excluding hydrogens is 264 g/mol. The summed E-state index contributed by atoms with van der Waals surface area (Å²) in [6.45, 7) is 0.803. The fourth-order valence-electron chi connectivity index (χ4n) is 1.54. The summed E-state index contributed by atoms with van der Waals surface area (Å²) in [5.74, 6) is -1.02. The van der Waals surface area contributed by atoms with Gasteiger partial charge in [0, 0.05) is 12.2 Å². The second kappa shape index (κ2) is 7.81. The predicted octanol–water partition coefficient (Wildman–Crippen LogP) is 1.50. The van der Waals surface area contributed by atoms with Crippen molar-refractivity contribution in [2.45, 2.75) is 6.54 Å². The van der Waals surface area contributed by atoms with E-state index in [0.717, 1.165) is 29.6 Å². The van der Waals surface area contributed by atoms with E-state index in [2.05, 4.69) is 5.32 Å². The first-order chi connectivity index (χ1) is 8.97. The molecular formula is C13H18N2O3S. The molecule has 0 aliphatic rings. The molecule has 19 heavy (non-hydrogen) atoms. The number of hydrogen-bond acceptors (Lipinski definition) is 4. The minimum atomic E-state index is -0.911. The Morgan fingerprint density at radius 1 is 1.32 bits per heavy atom. The number of benzene rings is 1. The molecule has 0 saturated carbocycles. The molecule has 0 heterocycles. The van der Waals surface area contributed by atoms with Gasteiger partial charge in [0.1, 0.15) is 0 Å². The first-order valence-corrected chi connectivity index (χ1v) is 6.96. The third-order valence-corrected chi connectivity index (χ3v) is 3.09. The zero-order valence-corrected chi connectivity index (χ0v) is 11.9. The van der Waals surface area contributed by atoms with E-state index >= 15 is 0 Å². The average molecular weight is 282 g/mol. The molecule has 0 aliphatic carbocycles. The highest BCUT2D eigenvalue weighted by Crippen LogP contribution is 2.12. The minimum Gasteiger partial charge on any atom is -0.481 e. The zero-order chi connectivity index (χ0) is 14.3. The summed E-state index contributed by atoms with van der Waals surface area (Å²) < 4.78 is 0. The standard InChI is InChI=1S/C13H18N2O3S/c1-15(2)7-10-4-3-5-11(6-10)14-12(16)8-19-9-13(17)18/h3-6H,7-9H2,1-2H3,(H,14,16)(H,17,18). The van der Waals surface area contributed by atoms with Crippen LogP contribution in [0.15, 0.2) is 24.3 Å². The Balaban J connectivity index is 2.47. The van der Waals surface area contributed by atoms with E-state index in [-0.39, 0.29) is 17.4 Å². The number of aliphatic carboxylic acids is 1. The van der Waals surface area contributed by atoms with Crippen LogP contribution in [0.5, 0.6) is 0 Å². The van der Waals surface area contributed by atoms with Crippen molar-refractivity contribution < 1.29 is 14.7 Å². The van der Waals surface area contributed by atoms with Crippen molar-refractivity contribution in [2.24, 2.45) is 0 Å². The van der Waals surface area contributed by atoms with Crippen molar-refractivity contribution in [1.82, 2.24) is 4.90 Å². The molecule has 5 nitrogen and oxygen atoms in total. The predicted molar refractivity (Wildman–Crippen MR) is 77.4 cm³/mol. The summed E-state index contributed by atoms with van der Waals surface area (Å²) in [7, 11) is 3.96. The molecule has 0 bridgehead atoms. The topological polar surface area (TPSA) is 69.6 Å². The Labute approximate surface area is 117 Å². The van der Waals surface area contributed by atoms with Crippen LogP contribution in [0.4, 0.5) is 5.69 Å². The van der Waals surface area contributed by atoms with Crippen LogP contribution in [-0.2, 0) is 16.1 Å². The van der Waals surface area contributed by atoms with Crippen LogP contribution in [0.3, 0.4) is 0 Å². The van der Waals surface area contributed by atoms with Gasteiger partial charge >= 0.3 is 5.97 Å². The van der Waals surface area contributed by atoms with Crippen LogP contribution in [0.25, 0.3) is 0 Å². The number of anilines is 1. The van der Waals surface area contributed by atoms with Crippen molar-refractivity contribution in [3.05, 3.63) is 29.8 Å². The summed E-state index contributed by atoms with van der Waals surface area (Å²) >= 11 is 1.08. The van der Waals surface area contributed by atoms with Crippen molar-refractivity contribution in [3.63, 3.8) is 0 Å². The van der Waals surface area contributed by atoms with Crippen LogP contribution in [-0.4, -0.2) is 47.5 Å². The second-order valence-corrected chi connectivity index (χ2v) is 5.36. The van der Waals surface area contributed by atoms with E-state index in [1.54, 1.807) is 0 Å². The molecule has 1 amide bonds. The minimum absolute atomic E-state index is 0.0614. The van der Waals surface area contributed by atoms with Crippen molar-refractivity contribution in [3.8, 4) is 0 Å². The van der Waals surface area contributed by atoms with Crippen LogP contribution < -0.4 is 5.32 Å². The third-order valence-electron chi connectivity index (χ3n) is 2.17. The monoisotopic (exact) mass is 282 g/mol. The second-order valence-electron chi connectivity index (χ2n) is 4.37. The Morgan fingerprint density at radius 3 is 2.68 bits per heavy atom. The summed E-state index contributed by atoms with van der Waals surface area (Å²) in [6.07, 6.45) is 0. The van der Waals surface area contributed by atoms with Gasteiger partial charge in [0.05, 0.1) is 11.5 Å². The maximum Gasteiger partial charge on any atom is 0.313 e. The maximum atomic E-state index is 11.6. The van der Waals surface area contributed by atoms with Gasteiger partial charge in [0.2, 0.25) is 5.91 Å². The summed E-state index contributed by atoms with van der Waals surface area (Å²) in [5, 5.41) is 11.2. The highest BCUT2D eigenvalue weighted by Gasteiger charge is 2.05. The van der Waals surface area contributed by atoms with Gasteiger partial charge in [0.25, 0.3) is 0 Å².